The number of hydrogen-bond acceptors (Lipinski definition) is 2. The van der Waals surface area contributed by atoms with Crippen LogP contribution in [0.15, 0.2) is 0 Å². The molecule has 1 saturated carbocycles. The van der Waals surface area contributed by atoms with Gasteiger partial charge in [0.05, 0.1) is 0 Å². The highest BCUT2D eigenvalue weighted by atomic mass is 16.2. The number of nitrogens with two attached hydrogens (primary N) is 1. The predicted octanol–water partition coefficient (Wildman–Crippen LogP) is 3.43. The summed E-state index contributed by atoms with van der Waals surface area (Å²) in [6.45, 7) is 7.27. The number of fused-ring (bicyclic) bond motifs is 1. The summed E-state index contributed by atoms with van der Waals surface area (Å²) < 4.78 is 0. The van der Waals surface area contributed by atoms with Gasteiger partial charge >= 0.3 is 0 Å². The summed E-state index contributed by atoms with van der Waals surface area (Å²) in [6.07, 6.45) is 9.55. The number of carbonyl (C=O) groups excluding carboxylic acids is 1. The molecule has 1 aliphatic carbocycles. The number of amides is 1. The molecule has 3 unspecified atom stereocenters. The zero-order chi connectivity index (χ0) is 15.2. The third-order valence-corrected chi connectivity index (χ3v) is 5.85. The molecular weight excluding hydrogens is 260 g/mol. The Bertz CT molecular complexity index is 329. The van der Waals surface area contributed by atoms with Gasteiger partial charge in [-0.25, -0.2) is 0 Å². The maximum Gasteiger partial charge on any atom is 0.222 e. The molecule has 0 spiro atoms. The Labute approximate surface area is 130 Å². The number of piperidine rings is 1. The lowest BCUT2D eigenvalue weighted by Gasteiger charge is -2.41. The molecular formula is C18H34N2O. The molecule has 0 radical (unpaired) electrons. The molecule has 1 heterocycles. The summed E-state index contributed by atoms with van der Waals surface area (Å²) in [5.41, 5.74) is 5.69. The first-order valence-electron chi connectivity index (χ1n) is 9.09. The summed E-state index contributed by atoms with van der Waals surface area (Å²) in [5, 5.41) is 0. The standard InChI is InChI=1S/C18H34N2O/c1-14(2)15(9-11-19)7-8-18(21)20-12-10-16-5-3-4-6-17(16)13-20/h14-17H,3-13,19H2,1-2H3. The topological polar surface area (TPSA) is 46.3 Å². The van der Waals surface area contributed by atoms with E-state index in [4.69, 9.17) is 5.73 Å². The van der Waals surface area contributed by atoms with Gasteiger partial charge in [-0.1, -0.05) is 33.1 Å². The smallest absolute Gasteiger partial charge is 0.222 e. The first kappa shape index (κ1) is 16.8. The highest BCUT2D eigenvalue weighted by molar-refractivity contribution is 5.76. The fraction of sp³-hybridized carbons (Fsp3) is 0.944. The summed E-state index contributed by atoms with van der Waals surface area (Å²) in [5.74, 6) is 3.32. The van der Waals surface area contributed by atoms with Gasteiger partial charge in [-0.2, -0.15) is 0 Å². The van der Waals surface area contributed by atoms with Crippen molar-refractivity contribution in [3.63, 3.8) is 0 Å². The molecule has 0 aromatic rings. The Hall–Kier alpha value is -0.570. The fourth-order valence-electron chi connectivity index (χ4n) is 4.32. The quantitative estimate of drug-likeness (QED) is 0.816. The molecule has 122 valence electrons. The van der Waals surface area contributed by atoms with Crippen LogP contribution in [-0.2, 0) is 4.79 Å². The fourth-order valence-corrected chi connectivity index (χ4v) is 4.32. The first-order valence-corrected chi connectivity index (χ1v) is 9.09. The summed E-state index contributed by atoms with van der Waals surface area (Å²) in [4.78, 5) is 14.7. The van der Waals surface area contributed by atoms with Crippen molar-refractivity contribution in [1.82, 2.24) is 4.90 Å². The van der Waals surface area contributed by atoms with E-state index >= 15 is 0 Å². The SMILES string of the molecule is CC(C)C(CCN)CCC(=O)N1CCC2CCCCC2C1. The highest BCUT2D eigenvalue weighted by Gasteiger charge is 2.32. The van der Waals surface area contributed by atoms with Crippen LogP contribution >= 0.6 is 0 Å². The monoisotopic (exact) mass is 294 g/mol. The van der Waals surface area contributed by atoms with Crippen molar-refractivity contribution in [3.8, 4) is 0 Å². The van der Waals surface area contributed by atoms with Gasteiger partial charge in [-0.15, -0.1) is 0 Å². The number of rotatable bonds is 6. The number of likely N-dealkylation sites (tertiary alicyclic amines) is 1. The molecule has 3 nitrogen and oxygen atoms in total. The van der Waals surface area contributed by atoms with E-state index in [1.165, 1.54) is 32.1 Å². The Morgan fingerprint density at radius 3 is 2.52 bits per heavy atom. The molecule has 0 aromatic carbocycles. The van der Waals surface area contributed by atoms with Crippen molar-refractivity contribution in [2.75, 3.05) is 19.6 Å². The van der Waals surface area contributed by atoms with Gasteiger partial charge in [0.2, 0.25) is 5.91 Å². The number of hydrogen-bond donors (Lipinski definition) is 1. The van der Waals surface area contributed by atoms with Crippen LogP contribution in [0.3, 0.4) is 0 Å². The van der Waals surface area contributed by atoms with Crippen LogP contribution in [0.4, 0.5) is 0 Å². The molecule has 2 N–H and O–H groups in total. The average molecular weight is 294 g/mol. The lowest BCUT2D eigenvalue weighted by molar-refractivity contribution is -0.134. The van der Waals surface area contributed by atoms with Crippen LogP contribution in [0.2, 0.25) is 0 Å². The minimum absolute atomic E-state index is 0.390. The molecule has 2 rings (SSSR count). The van der Waals surface area contributed by atoms with Gasteiger partial charge in [-0.3, -0.25) is 4.79 Å². The second-order valence-electron chi connectivity index (χ2n) is 7.55. The molecule has 0 bridgehead atoms. The summed E-state index contributed by atoms with van der Waals surface area (Å²) in [7, 11) is 0. The van der Waals surface area contributed by atoms with Gasteiger partial charge < -0.3 is 10.6 Å². The largest absolute Gasteiger partial charge is 0.342 e. The first-order chi connectivity index (χ1) is 10.1. The van der Waals surface area contributed by atoms with E-state index in [-0.39, 0.29) is 0 Å². The number of nitrogens with zero attached hydrogens (tertiary/aromatic N) is 1. The highest BCUT2D eigenvalue weighted by Crippen LogP contribution is 2.36. The zero-order valence-electron chi connectivity index (χ0n) is 14.0. The Morgan fingerprint density at radius 1 is 1.14 bits per heavy atom. The Kier molecular flexibility index (Phi) is 6.53. The second kappa shape index (κ2) is 8.17. The summed E-state index contributed by atoms with van der Waals surface area (Å²) in [6, 6.07) is 0. The Balaban J connectivity index is 1.77. The van der Waals surface area contributed by atoms with Crippen LogP contribution in [0, 0.1) is 23.7 Å². The molecule has 2 aliphatic rings. The van der Waals surface area contributed by atoms with Gasteiger partial charge in [0.25, 0.3) is 0 Å². The maximum absolute atomic E-state index is 12.5. The van der Waals surface area contributed by atoms with E-state index in [1.807, 2.05) is 0 Å². The van der Waals surface area contributed by atoms with Gasteiger partial charge in [0.15, 0.2) is 0 Å². The van der Waals surface area contributed by atoms with Crippen molar-refractivity contribution < 1.29 is 4.79 Å². The normalized spacial score (nSPS) is 27.5. The van der Waals surface area contributed by atoms with Crippen molar-refractivity contribution in [2.24, 2.45) is 29.4 Å². The van der Waals surface area contributed by atoms with Crippen molar-refractivity contribution in [3.05, 3.63) is 0 Å². The molecule has 1 amide bonds. The van der Waals surface area contributed by atoms with Crippen molar-refractivity contribution in [2.45, 2.75) is 65.2 Å². The molecule has 2 fully saturated rings. The third-order valence-electron chi connectivity index (χ3n) is 5.85. The lowest BCUT2D eigenvalue weighted by Crippen LogP contribution is -2.44. The number of carbonyl (C=O) groups is 1. The van der Waals surface area contributed by atoms with Crippen LogP contribution in [0.5, 0.6) is 0 Å². The van der Waals surface area contributed by atoms with Gasteiger partial charge in [0, 0.05) is 19.5 Å². The maximum atomic E-state index is 12.5. The summed E-state index contributed by atoms with van der Waals surface area (Å²) >= 11 is 0. The van der Waals surface area contributed by atoms with E-state index in [0.29, 0.717) is 17.7 Å². The van der Waals surface area contributed by atoms with Crippen LogP contribution in [0.1, 0.15) is 65.2 Å². The average Bonchev–Trinajstić information content (AvgIpc) is 2.50. The third kappa shape index (κ3) is 4.70. The molecule has 0 aromatic heterocycles. The van der Waals surface area contributed by atoms with Gasteiger partial charge in [-0.05, 0) is 55.9 Å². The molecule has 1 saturated heterocycles. The van der Waals surface area contributed by atoms with Crippen molar-refractivity contribution in [1.29, 1.82) is 0 Å². The Morgan fingerprint density at radius 2 is 1.86 bits per heavy atom. The van der Waals surface area contributed by atoms with E-state index in [9.17, 15) is 4.79 Å². The molecule has 3 heteroatoms. The lowest BCUT2D eigenvalue weighted by atomic mass is 9.75. The van der Waals surface area contributed by atoms with Gasteiger partial charge in [0.1, 0.15) is 0 Å². The van der Waals surface area contributed by atoms with E-state index in [0.717, 1.165) is 50.7 Å². The van der Waals surface area contributed by atoms with Crippen LogP contribution < -0.4 is 5.73 Å². The zero-order valence-corrected chi connectivity index (χ0v) is 14.0. The van der Waals surface area contributed by atoms with Crippen LogP contribution in [-0.4, -0.2) is 30.4 Å². The van der Waals surface area contributed by atoms with Crippen molar-refractivity contribution >= 4 is 5.91 Å². The minimum Gasteiger partial charge on any atom is -0.342 e. The predicted molar refractivity (Wildman–Crippen MR) is 87.9 cm³/mol. The van der Waals surface area contributed by atoms with E-state index < -0.39 is 0 Å². The molecule has 3 atom stereocenters. The van der Waals surface area contributed by atoms with E-state index in [2.05, 4.69) is 18.7 Å². The molecule has 1 aliphatic heterocycles. The second-order valence-corrected chi connectivity index (χ2v) is 7.55. The minimum atomic E-state index is 0.390. The van der Waals surface area contributed by atoms with E-state index in [1.54, 1.807) is 0 Å². The van der Waals surface area contributed by atoms with Crippen LogP contribution in [0.25, 0.3) is 0 Å². The molecule has 21 heavy (non-hydrogen) atoms.